The average molecular weight is 233 g/mol. The number of hydrogen-bond donors (Lipinski definition) is 2. The van der Waals surface area contributed by atoms with Crippen molar-refractivity contribution in [2.45, 2.75) is 19.8 Å². The van der Waals surface area contributed by atoms with Crippen LogP contribution in [0.3, 0.4) is 0 Å². The molecule has 0 bridgehead atoms. The minimum Gasteiger partial charge on any atom is -0.481 e. The van der Waals surface area contributed by atoms with Crippen molar-refractivity contribution in [3.8, 4) is 0 Å². The van der Waals surface area contributed by atoms with Crippen LogP contribution in [0.15, 0.2) is 24.3 Å². The normalized spacial score (nSPS) is 24.5. The summed E-state index contributed by atoms with van der Waals surface area (Å²) in [5.41, 5.74) is 2.48. The zero-order valence-corrected chi connectivity index (χ0v) is 10.1. The van der Waals surface area contributed by atoms with E-state index in [4.69, 9.17) is 0 Å². The molecule has 0 amide bonds. The number of piperidine rings is 1. The van der Waals surface area contributed by atoms with Crippen LogP contribution in [0.2, 0.25) is 0 Å². The van der Waals surface area contributed by atoms with Crippen LogP contribution in [0, 0.1) is 18.8 Å². The Morgan fingerprint density at radius 3 is 3.06 bits per heavy atom. The maximum absolute atomic E-state index is 11.2. The number of aliphatic carboxylic acids is 1. The highest BCUT2D eigenvalue weighted by molar-refractivity contribution is 5.70. The van der Waals surface area contributed by atoms with Crippen LogP contribution in [-0.2, 0) is 11.2 Å². The number of benzene rings is 1. The van der Waals surface area contributed by atoms with Crippen LogP contribution in [0.1, 0.15) is 17.5 Å². The number of carbonyl (C=O) groups is 1. The Labute approximate surface area is 102 Å². The Morgan fingerprint density at radius 1 is 1.53 bits per heavy atom. The van der Waals surface area contributed by atoms with E-state index >= 15 is 0 Å². The third-order valence-corrected chi connectivity index (χ3v) is 3.51. The van der Waals surface area contributed by atoms with Crippen molar-refractivity contribution in [3.05, 3.63) is 35.4 Å². The summed E-state index contributed by atoms with van der Waals surface area (Å²) in [7, 11) is 0. The largest absolute Gasteiger partial charge is 0.481 e. The van der Waals surface area contributed by atoms with Gasteiger partial charge in [0.1, 0.15) is 0 Å². The number of carboxylic acid groups (broad SMARTS) is 1. The lowest BCUT2D eigenvalue weighted by Gasteiger charge is -2.29. The molecule has 0 radical (unpaired) electrons. The second-order valence-corrected chi connectivity index (χ2v) is 4.89. The molecule has 2 unspecified atom stereocenters. The molecule has 2 rings (SSSR count). The molecule has 3 nitrogen and oxygen atoms in total. The SMILES string of the molecule is Cc1cccc(CC2CNCCC2C(=O)O)c1. The number of carboxylic acids is 1. The molecule has 1 saturated heterocycles. The smallest absolute Gasteiger partial charge is 0.306 e. The fourth-order valence-corrected chi connectivity index (χ4v) is 2.60. The molecule has 1 aromatic rings. The van der Waals surface area contributed by atoms with Crippen LogP contribution in [0.4, 0.5) is 0 Å². The van der Waals surface area contributed by atoms with Gasteiger partial charge in [0.05, 0.1) is 5.92 Å². The van der Waals surface area contributed by atoms with E-state index in [9.17, 15) is 9.90 Å². The molecule has 2 atom stereocenters. The number of rotatable bonds is 3. The van der Waals surface area contributed by atoms with Crippen molar-refractivity contribution in [1.29, 1.82) is 0 Å². The van der Waals surface area contributed by atoms with Crippen molar-refractivity contribution in [2.75, 3.05) is 13.1 Å². The van der Waals surface area contributed by atoms with Crippen molar-refractivity contribution in [1.82, 2.24) is 5.32 Å². The third-order valence-electron chi connectivity index (χ3n) is 3.51. The molecular formula is C14H19NO2. The van der Waals surface area contributed by atoms with E-state index in [1.54, 1.807) is 0 Å². The zero-order valence-electron chi connectivity index (χ0n) is 10.1. The van der Waals surface area contributed by atoms with Crippen LogP contribution < -0.4 is 5.32 Å². The van der Waals surface area contributed by atoms with Crippen LogP contribution >= 0.6 is 0 Å². The van der Waals surface area contributed by atoms with Gasteiger partial charge in [-0.05, 0) is 44.3 Å². The van der Waals surface area contributed by atoms with Crippen molar-refractivity contribution in [2.24, 2.45) is 11.8 Å². The van der Waals surface area contributed by atoms with E-state index in [2.05, 4.69) is 30.4 Å². The highest BCUT2D eigenvalue weighted by Gasteiger charge is 2.30. The number of aryl methyl sites for hydroxylation is 1. The molecule has 1 aliphatic heterocycles. The highest BCUT2D eigenvalue weighted by atomic mass is 16.4. The molecule has 2 N–H and O–H groups in total. The molecule has 0 aliphatic carbocycles. The van der Waals surface area contributed by atoms with Crippen LogP contribution in [0.25, 0.3) is 0 Å². The van der Waals surface area contributed by atoms with Gasteiger partial charge in [0.15, 0.2) is 0 Å². The standard InChI is InChI=1S/C14H19NO2/c1-10-3-2-4-11(7-10)8-12-9-15-6-5-13(12)14(16)17/h2-4,7,12-13,15H,5-6,8-9H2,1H3,(H,16,17). The minimum atomic E-state index is -0.649. The van der Waals surface area contributed by atoms with Gasteiger partial charge >= 0.3 is 5.97 Å². The highest BCUT2D eigenvalue weighted by Crippen LogP contribution is 2.23. The van der Waals surface area contributed by atoms with E-state index in [0.29, 0.717) is 0 Å². The molecule has 92 valence electrons. The quantitative estimate of drug-likeness (QED) is 0.837. The maximum atomic E-state index is 11.2. The van der Waals surface area contributed by atoms with E-state index in [-0.39, 0.29) is 11.8 Å². The molecule has 1 aromatic carbocycles. The van der Waals surface area contributed by atoms with Gasteiger partial charge in [0, 0.05) is 0 Å². The average Bonchev–Trinajstić information content (AvgIpc) is 2.29. The molecule has 0 spiro atoms. The van der Waals surface area contributed by atoms with Crippen LogP contribution in [0.5, 0.6) is 0 Å². The molecular weight excluding hydrogens is 214 g/mol. The first-order chi connectivity index (χ1) is 8.16. The van der Waals surface area contributed by atoms with Gasteiger partial charge in [-0.1, -0.05) is 29.8 Å². The summed E-state index contributed by atoms with van der Waals surface area (Å²) >= 11 is 0. The molecule has 1 aliphatic rings. The number of hydrogen-bond acceptors (Lipinski definition) is 2. The lowest BCUT2D eigenvalue weighted by molar-refractivity contribution is -0.144. The number of nitrogens with one attached hydrogen (secondary N) is 1. The van der Waals surface area contributed by atoms with E-state index in [0.717, 1.165) is 25.9 Å². The predicted octanol–water partition coefficient (Wildman–Crippen LogP) is 1.85. The first-order valence-electron chi connectivity index (χ1n) is 6.16. The molecule has 1 fully saturated rings. The summed E-state index contributed by atoms with van der Waals surface area (Å²) in [6.07, 6.45) is 1.59. The van der Waals surface area contributed by atoms with Gasteiger partial charge in [0.25, 0.3) is 0 Å². The van der Waals surface area contributed by atoms with E-state index in [1.807, 2.05) is 6.07 Å². The van der Waals surface area contributed by atoms with Crippen molar-refractivity contribution in [3.63, 3.8) is 0 Å². The van der Waals surface area contributed by atoms with Crippen molar-refractivity contribution >= 4 is 5.97 Å². The molecule has 0 saturated carbocycles. The summed E-state index contributed by atoms with van der Waals surface area (Å²) in [6.45, 7) is 3.70. The summed E-state index contributed by atoms with van der Waals surface area (Å²) < 4.78 is 0. The predicted molar refractivity (Wildman–Crippen MR) is 67.0 cm³/mol. The summed E-state index contributed by atoms with van der Waals surface area (Å²) in [5.74, 6) is -0.635. The Hall–Kier alpha value is -1.35. The summed E-state index contributed by atoms with van der Waals surface area (Å²) in [4.78, 5) is 11.2. The second-order valence-electron chi connectivity index (χ2n) is 4.89. The lowest BCUT2D eigenvalue weighted by atomic mass is 9.82. The van der Waals surface area contributed by atoms with Gasteiger partial charge in [-0.15, -0.1) is 0 Å². The molecule has 0 aromatic heterocycles. The van der Waals surface area contributed by atoms with Gasteiger partial charge in [-0.25, -0.2) is 0 Å². The van der Waals surface area contributed by atoms with Gasteiger partial charge < -0.3 is 10.4 Å². The zero-order chi connectivity index (χ0) is 12.3. The Morgan fingerprint density at radius 2 is 2.35 bits per heavy atom. The Balaban J connectivity index is 2.08. The fraction of sp³-hybridized carbons (Fsp3) is 0.500. The van der Waals surface area contributed by atoms with E-state index < -0.39 is 5.97 Å². The van der Waals surface area contributed by atoms with E-state index in [1.165, 1.54) is 11.1 Å². The first-order valence-corrected chi connectivity index (χ1v) is 6.16. The molecule has 1 heterocycles. The van der Waals surface area contributed by atoms with Gasteiger partial charge in [-0.2, -0.15) is 0 Å². The topological polar surface area (TPSA) is 49.3 Å². The lowest BCUT2D eigenvalue weighted by Crippen LogP contribution is -2.41. The maximum Gasteiger partial charge on any atom is 0.306 e. The second kappa shape index (κ2) is 5.32. The van der Waals surface area contributed by atoms with Gasteiger partial charge in [0.2, 0.25) is 0 Å². The van der Waals surface area contributed by atoms with Gasteiger partial charge in [-0.3, -0.25) is 4.79 Å². The summed E-state index contributed by atoms with van der Waals surface area (Å²) in [6, 6.07) is 8.34. The Bertz CT molecular complexity index is 403. The van der Waals surface area contributed by atoms with Crippen molar-refractivity contribution < 1.29 is 9.90 Å². The third kappa shape index (κ3) is 3.07. The Kier molecular flexibility index (Phi) is 3.79. The molecule has 17 heavy (non-hydrogen) atoms. The van der Waals surface area contributed by atoms with Crippen LogP contribution in [-0.4, -0.2) is 24.2 Å². The fourth-order valence-electron chi connectivity index (χ4n) is 2.60. The summed E-state index contributed by atoms with van der Waals surface area (Å²) in [5, 5.41) is 12.5. The minimum absolute atomic E-state index is 0.197. The first kappa shape index (κ1) is 12.1. The monoisotopic (exact) mass is 233 g/mol. The molecule has 3 heteroatoms.